The molecule has 4 N–H and O–H groups in total. The summed E-state index contributed by atoms with van der Waals surface area (Å²) in [7, 11) is 2.57. The maximum atomic E-state index is 13.5. The Morgan fingerprint density at radius 2 is 1.41 bits per heavy atom. The molecule has 296 valence electrons. The number of aromatic amines is 2. The summed E-state index contributed by atoms with van der Waals surface area (Å²) in [6, 6.07) is 10.2. The van der Waals surface area contributed by atoms with Gasteiger partial charge in [0.15, 0.2) is 0 Å². The number of likely N-dealkylation sites (tertiary alicyclic amines) is 2. The third-order valence-corrected chi connectivity index (χ3v) is 11.7. The average Bonchev–Trinajstić information content (AvgIpc) is 4.04. The molecule has 4 amide bonds. The van der Waals surface area contributed by atoms with Gasteiger partial charge in [0.25, 0.3) is 0 Å². The van der Waals surface area contributed by atoms with Gasteiger partial charge in [-0.25, -0.2) is 19.6 Å². The van der Waals surface area contributed by atoms with E-state index in [9.17, 15) is 19.2 Å². The molecule has 7 rings (SSSR count). The molecule has 4 atom stereocenters. The number of carbonyl (C=O) groups excluding carboxylic acids is 4. The predicted octanol–water partition coefficient (Wildman–Crippen LogP) is 7.03. The number of amides is 4. The van der Waals surface area contributed by atoms with Crippen molar-refractivity contribution in [3.05, 3.63) is 60.4 Å². The van der Waals surface area contributed by atoms with E-state index in [4.69, 9.17) is 18.9 Å². The van der Waals surface area contributed by atoms with Gasteiger partial charge < -0.3 is 44.3 Å². The number of fused-ring (bicyclic) bond motifs is 1. The number of hydrogen-bond donors (Lipinski definition) is 4. The van der Waals surface area contributed by atoms with Gasteiger partial charge in [0.05, 0.1) is 53.5 Å². The minimum Gasteiger partial charge on any atom is -0.455 e. The highest BCUT2D eigenvalue weighted by Crippen LogP contribution is 2.40. The third kappa shape index (κ3) is 7.74. The number of H-pyrrole nitrogens is 2. The van der Waals surface area contributed by atoms with E-state index in [2.05, 4.69) is 25.6 Å². The van der Waals surface area contributed by atoms with Crippen LogP contribution in [0.2, 0.25) is 0 Å². The van der Waals surface area contributed by atoms with Crippen LogP contribution in [0.5, 0.6) is 0 Å². The van der Waals surface area contributed by atoms with Crippen LogP contribution in [0.25, 0.3) is 43.4 Å². The number of nitrogens with one attached hydrogen (secondary N) is 4. The van der Waals surface area contributed by atoms with E-state index in [-0.39, 0.29) is 35.7 Å². The molecule has 0 spiro atoms. The monoisotopic (exact) mass is 784 g/mol. The Bertz CT molecular complexity index is 2170. The molecule has 0 saturated carbocycles. The molecule has 6 heterocycles. The second-order valence-electron chi connectivity index (χ2n) is 15.0. The Kier molecular flexibility index (Phi) is 11.2. The second-order valence-corrected chi connectivity index (χ2v) is 16.1. The molecule has 0 bridgehead atoms. The highest BCUT2D eigenvalue weighted by molar-refractivity contribution is 7.22. The second kappa shape index (κ2) is 16.2. The first-order valence-corrected chi connectivity index (χ1v) is 19.8. The first-order chi connectivity index (χ1) is 26.9. The highest BCUT2D eigenvalue weighted by atomic mass is 32.1. The molecule has 16 heteroatoms. The normalized spacial score (nSPS) is 18.1. The van der Waals surface area contributed by atoms with Crippen molar-refractivity contribution in [1.82, 2.24) is 40.4 Å². The number of aromatic nitrogens is 4. The van der Waals surface area contributed by atoms with Gasteiger partial charge in [-0.2, -0.15) is 0 Å². The topological polar surface area (TPSA) is 188 Å². The highest BCUT2D eigenvalue weighted by Gasteiger charge is 2.39. The van der Waals surface area contributed by atoms with Gasteiger partial charge in [0.1, 0.15) is 35.1 Å². The van der Waals surface area contributed by atoms with E-state index in [0.717, 1.165) is 69.1 Å². The van der Waals surface area contributed by atoms with Crippen molar-refractivity contribution in [1.29, 1.82) is 0 Å². The Hall–Kier alpha value is -5.64. The van der Waals surface area contributed by atoms with Gasteiger partial charge in [-0.15, -0.1) is 11.3 Å². The third-order valence-electron chi connectivity index (χ3n) is 10.6. The Balaban J connectivity index is 1.02. The molecule has 2 aliphatic rings. The lowest BCUT2D eigenvalue weighted by atomic mass is 10.0. The van der Waals surface area contributed by atoms with Crippen molar-refractivity contribution < 1.29 is 33.1 Å². The van der Waals surface area contributed by atoms with Crippen molar-refractivity contribution >= 4 is 45.6 Å². The maximum Gasteiger partial charge on any atom is 0.407 e. The molecular formula is C40H48N8O7S. The number of imidazole rings is 2. The molecule has 0 radical (unpaired) electrons. The van der Waals surface area contributed by atoms with E-state index in [1.165, 1.54) is 14.2 Å². The standard InChI is InChI=1S/C40H48N8O7S/c1-21(2)33(45-39(51)53-5)37(49)47-15-7-9-27(47)35-41-19-25(43-35)23-11-13-24(14-12-23)29-17-32-30(55-29)18-31(56-32)26-20-42-36(44-26)28-10-8-16-48(28)38(50)34(22(3)4)46-40(52)54-6/h11-14,17-22,27-28,33-34H,7-10,15-16H2,1-6H3,(H,41,43)(H,42,44)(H,45,51)(H,46,52)/t27-,28-,33-,34?/m0/s1. The fraction of sp³-hybridized carbons (Fsp3) is 0.450. The largest absolute Gasteiger partial charge is 0.455 e. The molecule has 2 saturated heterocycles. The number of ether oxygens (including phenoxy) is 2. The van der Waals surface area contributed by atoms with Crippen LogP contribution in [-0.2, 0) is 19.1 Å². The van der Waals surface area contributed by atoms with Crippen LogP contribution in [0.4, 0.5) is 9.59 Å². The lowest BCUT2D eigenvalue weighted by molar-refractivity contribution is -0.136. The van der Waals surface area contributed by atoms with Gasteiger partial charge in [0.2, 0.25) is 11.8 Å². The zero-order chi connectivity index (χ0) is 39.7. The van der Waals surface area contributed by atoms with Crippen LogP contribution in [-0.4, -0.2) is 93.1 Å². The SMILES string of the molecule is COC(=O)NC(C(=O)N1CCC[C@H]1c1nc(-c2cc3oc(-c4ccc(-c5cnc([C@@H]6CCCN6C(=O)[C@@H](NC(=O)OC)C(C)C)[nH]5)cc4)cc3s2)c[nH]1)C(C)C. The van der Waals surface area contributed by atoms with Gasteiger partial charge in [-0.3, -0.25) is 9.59 Å². The van der Waals surface area contributed by atoms with E-state index < -0.39 is 24.3 Å². The van der Waals surface area contributed by atoms with Crippen LogP contribution in [0.15, 0.2) is 53.2 Å². The van der Waals surface area contributed by atoms with Gasteiger partial charge >= 0.3 is 12.2 Å². The predicted molar refractivity (Wildman–Crippen MR) is 210 cm³/mol. The fourth-order valence-corrected chi connectivity index (χ4v) is 8.57. The number of alkyl carbamates (subject to hydrolysis) is 2. The summed E-state index contributed by atoms with van der Waals surface area (Å²) in [4.78, 5) is 71.8. The van der Waals surface area contributed by atoms with Crippen molar-refractivity contribution in [3.63, 3.8) is 0 Å². The van der Waals surface area contributed by atoms with Gasteiger partial charge in [-0.05, 0) is 43.1 Å². The zero-order valence-corrected chi connectivity index (χ0v) is 33.2. The van der Waals surface area contributed by atoms with Crippen LogP contribution < -0.4 is 10.6 Å². The minimum absolute atomic E-state index is 0.110. The molecule has 0 aliphatic carbocycles. The first-order valence-electron chi connectivity index (χ1n) is 19.0. The van der Waals surface area contributed by atoms with Crippen molar-refractivity contribution in [2.75, 3.05) is 27.3 Å². The number of carbonyl (C=O) groups is 4. The number of methoxy groups -OCH3 is 2. The van der Waals surface area contributed by atoms with Crippen molar-refractivity contribution in [2.24, 2.45) is 11.8 Å². The van der Waals surface area contributed by atoms with Crippen molar-refractivity contribution in [2.45, 2.75) is 77.5 Å². The van der Waals surface area contributed by atoms with E-state index in [1.807, 2.05) is 70.3 Å². The molecular weight excluding hydrogens is 737 g/mol. The first kappa shape index (κ1) is 38.6. The molecule has 1 unspecified atom stereocenters. The summed E-state index contributed by atoms with van der Waals surface area (Å²) in [6.07, 6.45) is 5.62. The zero-order valence-electron chi connectivity index (χ0n) is 32.4. The summed E-state index contributed by atoms with van der Waals surface area (Å²) in [5.41, 5.74) is 4.25. The minimum atomic E-state index is -0.695. The molecule has 4 aromatic heterocycles. The fourth-order valence-electron chi connectivity index (χ4n) is 7.59. The Morgan fingerprint density at radius 1 is 0.839 bits per heavy atom. The van der Waals surface area contributed by atoms with Crippen LogP contribution >= 0.6 is 11.3 Å². The number of benzene rings is 1. The molecule has 56 heavy (non-hydrogen) atoms. The summed E-state index contributed by atoms with van der Waals surface area (Å²) >= 11 is 1.58. The number of thiophene rings is 1. The molecule has 2 fully saturated rings. The quantitative estimate of drug-likeness (QED) is 0.109. The number of rotatable bonds is 11. The summed E-state index contributed by atoms with van der Waals surface area (Å²) in [5.74, 6) is 1.66. The van der Waals surface area contributed by atoms with Crippen LogP contribution in [0, 0.1) is 11.8 Å². The van der Waals surface area contributed by atoms with E-state index >= 15 is 0 Å². The smallest absolute Gasteiger partial charge is 0.407 e. The van der Waals surface area contributed by atoms with E-state index in [1.54, 1.807) is 27.3 Å². The lowest BCUT2D eigenvalue weighted by Gasteiger charge is -2.30. The van der Waals surface area contributed by atoms with Crippen LogP contribution in [0.3, 0.4) is 0 Å². The molecule has 15 nitrogen and oxygen atoms in total. The Morgan fingerprint density at radius 3 is 1.96 bits per heavy atom. The summed E-state index contributed by atoms with van der Waals surface area (Å²) in [5, 5.41) is 5.38. The summed E-state index contributed by atoms with van der Waals surface area (Å²) in [6.45, 7) is 8.76. The Labute approximate surface area is 328 Å². The average molecular weight is 785 g/mol. The van der Waals surface area contributed by atoms with Crippen LogP contribution in [0.1, 0.15) is 77.1 Å². The van der Waals surface area contributed by atoms with Crippen molar-refractivity contribution in [3.8, 4) is 33.2 Å². The lowest BCUT2D eigenvalue weighted by Crippen LogP contribution is -2.51. The van der Waals surface area contributed by atoms with Gasteiger partial charge in [0, 0.05) is 37.0 Å². The van der Waals surface area contributed by atoms with E-state index in [0.29, 0.717) is 24.7 Å². The summed E-state index contributed by atoms with van der Waals surface area (Å²) < 4.78 is 16.8. The molecule has 2 aliphatic heterocycles. The number of hydrogen-bond acceptors (Lipinski definition) is 10. The molecule has 5 aromatic rings. The molecule has 1 aromatic carbocycles. The number of nitrogens with zero attached hydrogens (tertiary/aromatic N) is 4. The maximum absolute atomic E-state index is 13.5. The van der Waals surface area contributed by atoms with Gasteiger partial charge in [-0.1, -0.05) is 52.0 Å². The number of furan rings is 1.